The number of esters is 4. The van der Waals surface area contributed by atoms with Crippen LogP contribution >= 0.6 is 15.6 Å². The Balaban J connectivity index is 5.03. The van der Waals surface area contributed by atoms with Gasteiger partial charge in [-0.1, -0.05) is 317 Å². The van der Waals surface area contributed by atoms with Crippen LogP contribution in [0.3, 0.4) is 0 Å². The van der Waals surface area contributed by atoms with Crippen LogP contribution in [0.2, 0.25) is 0 Å². The lowest BCUT2D eigenvalue weighted by Crippen LogP contribution is -2.30. The van der Waals surface area contributed by atoms with E-state index in [0.717, 1.165) is 96.3 Å². The molecule has 0 saturated carbocycles. The number of carbonyl (C=O) groups excluding carboxylic acids is 4. The van der Waals surface area contributed by atoms with E-state index in [1.807, 2.05) is 0 Å². The van der Waals surface area contributed by atoms with Crippen LogP contribution < -0.4 is 0 Å². The number of phosphoric ester groups is 2. The molecule has 0 fully saturated rings. The van der Waals surface area contributed by atoms with Gasteiger partial charge in [0.05, 0.1) is 26.4 Å². The third kappa shape index (κ3) is 64.6. The second-order valence-electron chi connectivity index (χ2n) is 25.3. The maximum absolute atomic E-state index is 13.0. The van der Waals surface area contributed by atoms with Gasteiger partial charge in [0.25, 0.3) is 0 Å². The van der Waals surface area contributed by atoms with E-state index in [2.05, 4.69) is 27.7 Å². The van der Waals surface area contributed by atoms with Gasteiger partial charge < -0.3 is 33.8 Å². The van der Waals surface area contributed by atoms with Crippen LogP contribution in [0, 0.1) is 0 Å². The van der Waals surface area contributed by atoms with Gasteiger partial charge in [-0.15, -0.1) is 0 Å². The smallest absolute Gasteiger partial charge is 0.462 e. The maximum atomic E-state index is 13.0. The minimum Gasteiger partial charge on any atom is -0.462 e. The molecule has 0 heterocycles. The lowest BCUT2D eigenvalue weighted by Gasteiger charge is -2.21. The lowest BCUT2D eigenvalue weighted by atomic mass is 10.0. The maximum Gasteiger partial charge on any atom is 0.472 e. The van der Waals surface area contributed by atoms with Gasteiger partial charge in [0.1, 0.15) is 19.3 Å². The number of hydrogen-bond acceptors (Lipinski definition) is 15. The normalized spacial score (nSPS) is 14.0. The summed E-state index contributed by atoms with van der Waals surface area (Å²) in [4.78, 5) is 71.9. The Bertz CT molecular complexity index is 1710. The summed E-state index contributed by atoms with van der Waals surface area (Å²) in [5, 5.41) is 10.5. The molecule has 0 radical (unpaired) electrons. The average Bonchev–Trinajstić information content (AvgIpc) is 3.58. The third-order valence-corrected chi connectivity index (χ3v) is 18.3. The van der Waals surface area contributed by atoms with E-state index >= 15 is 0 Å². The van der Waals surface area contributed by atoms with E-state index in [9.17, 15) is 43.2 Å². The Kier molecular flexibility index (Phi) is 63.3. The van der Waals surface area contributed by atoms with Crippen molar-refractivity contribution >= 4 is 39.5 Å². The molecule has 0 aromatic rings. The van der Waals surface area contributed by atoms with Gasteiger partial charge >= 0.3 is 39.5 Å². The number of hydrogen-bond donors (Lipinski definition) is 3. The number of aliphatic hydroxyl groups excluding tert-OH is 1. The summed E-state index contributed by atoms with van der Waals surface area (Å²) >= 11 is 0. The second-order valence-corrected chi connectivity index (χ2v) is 28.2. The fourth-order valence-corrected chi connectivity index (χ4v) is 12.3. The standard InChI is InChI=1S/C70H136O17P2/c1-5-9-13-17-19-21-23-25-27-29-31-33-35-37-39-41-43-45-49-53-57-70(75)87-66(61-81-68(73)55-51-48-44-42-40-38-36-34-32-30-28-26-24-22-20-18-14-10-6-2)63-85-89(78,79)83-59-64(71)58-82-88(76,77)84-62-65(86-69(74)56-52-47-16-12-8-4)60-80-67(72)54-50-46-15-11-7-3/h64-66,71H,5-63H2,1-4H3,(H,76,77)(H,78,79)/t64-,65+,66+/m0/s1. The number of unbranched alkanes of at least 4 members (excludes halogenated alkanes) is 45. The number of aliphatic hydroxyl groups is 1. The molecule has 2 unspecified atom stereocenters. The van der Waals surface area contributed by atoms with Crippen molar-refractivity contribution in [1.82, 2.24) is 0 Å². The van der Waals surface area contributed by atoms with E-state index < -0.39 is 97.5 Å². The molecule has 0 spiro atoms. The van der Waals surface area contributed by atoms with Crippen molar-refractivity contribution in [2.45, 2.75) is 386 Å². The van der Waals surface area contributed by atoms with Gasteiger partial charge in [0.15, 0.2) is 12.2 Å². The highest BCUT2D eigenvalue weighted by Gasteiger charge is 2.30. The van der Waals surface area contributed by atoms with Crippen molar-refractivity contribution in [2.24, 2.45) is 0 Å². The summed E-state index contributed by atoms with van der Waals surface area (Å²) in [7, 11) is -9.87. The molecule has 0 aromatic heterocycles. The van der Waals surface area contributed by atoms with Gasteiger partial charge in [-0.3, -0.25) is 37.3 Å². The minimum atomic E-state index is -4.95. The van der Waals surface area contributed by atoms with Crippen LogP contribution in [0.25, 0.3) is 0 Å². The SMILES string of the molecule is CCCCCCCCCCCCCCCCCCCCCCC(=O)O[C@H](COC(=O)CCCCCCCCCCCCCCCCCCCCC)COP(=O)(O)OC[C@@H](O)COP(=O)(O)OC[C@@H](COC(=O)CCCCCCC)OC(=O)CCCCCCC. The van der Waals surface area contributed by atoms with Crippen molar-refractivity contribution < 1.29 is 80.2 Å². The molecule has 528 valence electrons. The molecule has 0 aliphatic carbocycles. The summed E-state index contributed by atoms with van der Waals surface area (Å²) in [5.74, 6) is -2.15. The quantitative estimate of drug-likeness (QED) is 0.0222. The monoisotopic (exact) mass is 1310 g/mol. The van der Waals surface area contributed by atoms with Crippen molar-refractivity contribution in [3.05, 3.63) is 0 Å². The zero-order valence-electron chi connectivity index (χ0n) is 57.4. The summed E-state index contributed by atoms with van der Waals surface area (Å²) in [5.41, 5.74) is 0. The van der Waals surface area contributed by atoms with E-state index in [1.165, 1.54) is 193 Å². The largest absolute Gasteiger partial charge is 0.472 e. The molecular weight excluding hydrogens is 1170 g/mol. The van der Waals surface area contributed by atoms with E-state index in [4.69, 9.17) is 37.0 Å². The first-order chi connectivity index (χ1) is 43.2. The van der Waals surface area contributed by atoms with Crippen molar-refractivity contribution in [3.8, 4) is 0 Å². The molecule has 19 heteroatoms. The Morgan fingerprint density at radius 1 is 0.270 bits per heavy atom. The first-order valence-corrected chi connectivity index (χ1v) is 39.8. The fraction of sp³-hybridized carbons (Fsp3) is 0.943. The van der Waals surface area contributed by atoms with Gasteiger partial charge in [-0.2, -0.15) is 0 Å². The predicted octanol–water partition coefficient (Wildman–Crippen LogP) is 20.3. The van der Waals surface area contributed by atoms with Crippen LogP contribution in [0.1, 0.15) is 368 Å². The van der Waals surface area contributed by atoms with E-state index in [-0.39, 0.29) is 25.7 Å². The van der Waals surface area contributed by atoms with Crippen LogP contribution in [0.15, 0.2) is 0 Å². The zero-order valence-corrected chi connectivity index (χ0v) is 59.2. The van der Waals surface area contributed by atoms with Crippen LogP contribution in [0.5, 0.6) is 0 Å². The fourth-order valence-electron chi connectivity index (χ4n) is 10.7. The third-order valence-electron chi connectivity index (χ3n) is 16.4. The molecule has 0 rings (SSSR count). The topological polar surface area (TPSA) is 237 Å². The van der Waals surface area contributed by atoms with Gasteiger partial charge in [-0.25, -0.2) is 9.13 Å². The Hall–Kier alpha value is -1.94. The predicted molar refractivity (Wildman–Crippen MR) is 359 cm³/mol. The highest BCUT2D eigenvalue weighted by atomic mass is 31.2. The van der Waals surface area contributed by atoms with Crippen molar-refractivity contribution in [3.63, 3.8) is 0 Å². The Labute approximate surface area is 543 Å². The first kappa shape index (κ1) is 87.1. The molecule has 0 aromatic carbocycles. The number of phosphoric acid groups is 2. The lowest BCUT2D eigenvalue weighted by molar-refractivity contribution is -0.161. The zero-order chi connectivity index (χ0) is 65.4. The molecular formula is C70H136O17P2. The van der Waals surface area contributed by atoms with Crippen LogP contribution in [-0.4, -0.2) is 96.7 Å². The van der Waals surface area contributed by atoms with Gasteiger partial charge in [-0.05, 0) is 25.7 Å². The van der Waals surface area contributed by atoms with Gasteiger partial charge in [0, 0.05) is 25.7 Å². The van der Waals surface area contributed by atoms with E-state index in [1.54, 1.807) is 0 Å². The second kappa shape index (κ2) is 64.8. The highest BCUT2D eigenvalue weighted by molar-refractivity contribution is 7.47. The van der Waals surface area contributed by atoms with Crippen molar-refractivity contribution in [2.75, 3.05) is 39.6 Å². The van der Waals surface area contributed by atoms with Crippen LogP contribution in [-0.2, 0) is 65.4 Å². The first-order valence-electron chi connectivity index (χ1n) is 36.8. The number of rotatable bonds is 71. The molecule has 3 N–H and O–H groups in total. The molecule has 89 heavy (non-hydrogen) atoms. The summed E-state index contributed by atoms with van der Waals surface area (Å²) in [6, 6.07) is 0. The number of ether oxygens (including phenoxy) is 4. The van der Waals surface area contributed by atoms with Crippen molar-refractivity contribution in [1.29, 1.82) is 0 Å². The van der Waals surface area contributed by atoms with Crippen LogP contribution in [0.4, 0.5) is 0 Å². The Morgan fingerprint density at radius 3 is 0.663 bits per heavy atom. The average molecular weight is 1310 g/mol. The molecule has 0 saturated heterocycles. The summed E-state index contributed by atoms with van der Waals surface area (Å²) in [6.07, 6.45) is 53.9. The Morgan fingerprint density at radius 2 is 0.449 bits per heavy atom. The highest BCUT2D eigenvalue weighted by Crippen LogP contribution is 2.45. The summed E-state index contributed by atoms with van der Waals surface area (Å²) < 4.78 is 67.8. The summed E-state index contributed by atoms with van der Waals surface area (Å²) in [6.45, 7) is 4.75. The minimum absolute atomic E-state index is 0.0993. The number of carbonyl (C=O) groups is 4. The molecule has 0 amide bonds. The molecule has 5 atom stereocenters. The molecule has 0 aliphatic heterocycles. The van der Waals surface area contributed by atoms with Gasteiger partial charge in [0.2, 0.25) is 0 Å². The molecule has 17 nitrogen and oxygen atoms in total. The molecule has 0 bridgehead atoms. The molecule has 0 aliphatic rings. The van der Waals surface area contributed by atoms with E-state index in [0.29, 0.717) is 25.7 Å².